The third-order valence-electron chi connectivity index (χ3n) is 2.45. The molecule has 0 spiro atoms. The molecule has 1 rings (SSSR count). The van der Waals surface area contributed by atoms with E-state index in [0.717, 1.165) is 6.42 Å². The summed E-state index contributed by atoms with van der Waals surface area (Å²) in [6.07, 6.45) is 3.04. The third-order valence-corrected chi connectivity index (χ3v) is 2.45. The molecule has 0 saturated carbocycles. The number of benzene rings is 1. The highest BCUT2D eigenvalue weighted by Gasteiger charge is 2.02. The van der Waals surface area contributed by atoms with Gasteiger partial charge in [0.15, 0.2) is 0 Å². The maximum absolute atomic E-state index is 3.80. The minimum absolute atomic E-state index is 1.11. The molecule has 1 aromatic rings. The molecule has 0 N–H and O–H groups in total. The molecular formula is C12H16. The van der Waals surface area contributed by atoms with Gasteiger partial charge in [-0.25, -0.2) is 0 Å². The summed E-state index contributed by atoms with van der Waals surface area (Å²) in [4.78, 5) is 0. The molecule has 0 unspecified atom stereocenters. The Morgan fingerprint density at radius 2 is 2.00 bits per heavy atom. The van der Waals surface area contributed by atoms with Gasteiger partial charge in [0.25, 0.3) is 0 Å². The van der Waals surface area contributed by atoms with Crippen LogP contribution in [0.1, 0.15) is 29.2 Å². The highest BCUT2D eigenvalue weighted by molar-refractivity contribution is 5.55. The number of rotatable bonds is 2. The van der Waals surface area contributed by atoms with Gasteiger partial charge in [-0.2, -0.15) is 0 Å². The van der Waals surface area contributed by atoms with Crippen LogP contribution in [0.5, 0.6) is 0 Å². The van der Waals surface area contributed by atoms with E-state index in [1.54, 1.807) is 0 Å². The van der Waals surface area contributed by atoms with E-state index < -0.39 is 0 Å². The fourth-order valence-electron chi connectivity index (χ4n) is 1.68. The zero-order chi connectivity index (χ0) is 9.14. The fourth-order valence-corrected chi connectivity index (χ4v) is 1.68. The summed E-state index contributed by atoms with van der Waals surface area (Å²) in [6, 6.07) is 4.31. The van der Waals surface area contributed by atoms with Crippen LogP contribution in [0.2, 0.25) is 0 Å². The van der Waals surface area contributed by atoms with E-state index in [4.69, 9.17) is 0 Å². The SMILES string of the molecule is C=Cc1ccc(C)c(CC)c1C. The topological polar surface area (TPSA) is 0 Å². The first-order valence-electron chi connectivity index (χ1n) is 4.42. The standard InChI is InChI=1S/C12H16/c1-5-11-8-7-9(3)12(6-2)10(11)4/h5,7-8H,1,6H2,2-4H3. The highest BCUT2D eigenvalue weighted by atomic mass is 14.1. The second kappa shape index (κ2) is 3.57. The van der Waals surface area contributed by atoms with Crippen molar-refractivity contribution in [3.63, 3.8) is 0 Å². The van der Waals surface area contributed by atoms with E-state index in [1.165, 1.54) is 22.3 Å². The molecule has 12 heavy (non-hydrogen) atoms. The largest absolute Gasteiger partial charge is 0.0985 e. The maximum atomic E-state index is 3.80. The molecular weight excluding hydrogens is 144 g/mol. The van der Waals surface area contributed by atoms with E-state index in [2.05, 4.69) is 39.5 Å². The van der Waals surface area contributed by atoms with Crippen LogP contribution in [0.15, 0.2) is 18.7 Å². The van der Waals surface area contributed by atoms with E-state index in [-0.39, 0.29) is 0 Å². The molecule has 0 saturated heterocycles. The van der Waals surface area contributed by atoms with Crippen LogP contribution < -0.4 is 0 Å². The lowest BCUT2D eigenvalue weighted by molar-refractivity contribution is 1.08. The van der Waals surface area contributed by atoms with Crippen molar-refractivity contribution in [1.82, 2.24) is 0 Å². The number of hydrogen-bond acceptors (Lipinski definition) is 0. The van der Waals surface area contributed by atoms with Crippen LogP contribution in [0.4, 0.5) is 0 Å². The lowest BCUT2D eigenvalue weighted by Gasteiger charge is -2.09. The van der Waals surface area contributed by atoms with Crippen LogP contribution in [-0.2, 0) is 6.42 Å². The molecule has 0 bridgehead atoms. The summed E-state index contributed by atoms with van der Waals surface area (Å²) in [5.41, 5.74) is 5.50. The molecule has 0 aromatic heterocycles. The molecule has 0 aliphatic rings. The predicted octanol–water partition coefficient (Wildman–Crippen LogP) is 3.51. The van der Waals surface area contributed by atoms with Crippen molar-refractivity contribution in [3.05, 3.63) is 41.0 Å². The molecule has 0 atom stereocenters. The lowest BCUT2D eigenvalue weighted by atomic mass is 9.96. The van der Waals surface area contributed by atoms with Crippen molar-refractivity contribution in [2.45, 2.75) is 27.2 Å². The smallest absolute Gasteiger partial charge is 0.0230 e. The van der Waals surface area contributed by atoms with Crippen molar-refractivity contribution < 1.29 is 0 Å². The average molecular weight is 160 g/mol. The number of hydrogen-bond donors (Lipinski definition) is 0. The molecule has 64 valence electrons. The average Bonchev–Trinajstić information content (AvgIpc) is 2.06. The number of aryl methyl sites for hydroxylation is 1. The Balaban J connectivity index is 3.33. The van der Waals surface area contributed by atoms with Crippen molar-refractivity contribution in [2.24, 2.45) is 0 Å². The molecule has 0 radical (unpaired) electrons. The Kier molecular flexibility index (Phi) is 2.69. The van der Waals surface area contributed by atoms with E-state index in [0.29, 0.717) is 0 Å². The van der Waals surface area contributed by atoms with Gasteiger partial charge in [0, 0.05) is 0 Å². The first kappa shape index (κ1) is 9.05. The van der Waals surface area contributed by atoms with Crippen LogP contribution >= 0.6 is 0 Å². The fraction of sp³-hybridized carbons (Fsp3) is 0.333. The van der Waals surface area contributed by atoms with Gasteiger partial charge in [0.05, 0.1) is 0 Å². The van der Waals surface area contributed by atoms with Crippen LogP contribution in [0.3, 0.4) is 0 Å². The molecule has 0 amide bonds. The first-order valence-corrected chi connectivity index (χ1v) is 4.42. The van der Waals surface area contributed by atoms with Gasteiger partial charge < -0.3 is 0 Å². The summed E-state index contributed by atoms with van der Waals surface area (Å²) in [7, 11) is 0. The first-order chi connectivity index (χ1) is 5.70. The van der Waals surface area contributed by atoms with Crippen molar-refractivity contribution >= 4 is 6.08 Å². The van der Waals surface area contributed by atoms with Crippen molar-refractivity contribution in [3.8, 4) is 0 Å². The monoisotopic (exact) mass is 160 g/mol. The summed E-state index contributed by atoms with van der Waals surface area (Å²) >= 11 is 0. The van der Waals surface area contributed by atoms with E-state index in [9.17, 15) is 0 Å². The predicted molar refractivity (Wildman–Crippen MR) is 55.4 cm³/mol. The zero-order valence-electron chi connectivity index (χ0n) is 8.15. The van der Waals surface area contributed by atoms with Gasteiger partial charge in [-0.15, -0.1) is 0 Å². The van der Waals surface area contributed by atoms with Gasteiger partial charge in [-0.3, -0.25) is 0 Å². The van der Waals surface area contributed by atoms with Crippen molar-refractivity contribution in [2.75, 3.05) is 0 Å². The molecule has 1 aromatic carbocycles. The molecule has 0 heteroatoms. The summed E-state index contributed by atoms with van der Waals surface area (Å²) in [5, 5.41) is 0. The van der Waals surface area contributed by atoms with Gasteiger partial charge in [0.2, 0.25) is 0 Å². The van der Waals surface area contributed by atoms with Crippen LogP contribution in [0, 0.1) is 13.8 Å². The summed E-state index contributed by atoms with van der Waals surface area (Å²) < 4.78 is 0. The Morgan fingerprint density at radius 3 is 2.50 bits per heavy atom. The Labute approximate surface area is 74.9 Å². The summed E-state index contributed by atoms with van der Waals surface area (Å²) in [6.45, 7) is 10.3. The van der Waals surface area contributed by atoms with Gasteiger partial charge >= 0.3 is 0 Å². The summed E-state index contributed by atoms with van der Waals surface area (Å²) in [5.74, 6) is 0. The minimum Gasteiger partial charge on any atom is -0.0985 e. The maximum Gasteiger partial charge on any atom is -0.0230 e. The van der Waals surface area contributed by atoms with Crippen LogP contribution in [-0.4, -0.2) is 0 Å². The normalized spacial score (nSPS) is 9.92. The third kappa shape index (κ3) is 1.42. The highest BCUT2D eigenvalue weighted by Crippen LogP contribution is 2.19. The molecule has 0 nitrogen and oxygen atoms in total. The second-order valence-corrected chi connectivity index (χ2v) is 3.13. The Bertz CT molecular complexity index is 295. The van der Waals surface area contributed by atoms with E-state index in [1.807, 2.05) is 6.08 Å². The quantitative estimate of drug-likeness (QED) is 0.621. The molecule has 0 aliphatic carbocycles. The van der Waals surface area contributed by atoms with Crippen LogP contribution in [0.25, 0.3) is 6.08 Å². The second-order valence-electron chi connectivity index (χ2n) is 3.13. The van der Waals surface area contributed by atoms with Gasteiger partial charge in [-0.1, -0.05) is 31.7 Å². The Morgan fingerprint density at radius 1 is 1.33 bits per heavy atom. The lowest BCUT2D eigenvalue weighted by Crippen LogP contribution is -1.93. The molecule has 0 heterocycles. The minimum atomic E-state index is 1.11. The zero-order valence-corrected chi connectivity index (χ0v) is 8.15. The molecule has 0 aliphatic heterocycles. The van der Waals surface area contributed by atoms with Gasteiger partial charge in [-0.05, 0) is 42.5 Å². The Hall–Kier alpha value is -1.04. The van der Waals surface area contributed by atoms with Crippen molar-refractivity contribution in [1.29, 1.82) is 0 Å². The van der Waals surface area contributed by atoms with E-state index >= 15 is 0 Å². The molecule has 0 fully saturated rings. The van der Waals surface area contributed by atoms with Gasteiger partial charge in [0.1, 0.15) is 0 Å².